The quantitative estimate of drug-likeness (QED) is 0.784. The fraction of sp³-hybridized carbons (Fsp3) is 0.500. The molecule has 1 N–H and O–H groups in total. The maximum atomic E-state index is 12.8. The highest BCUT2D eigenvalue weighted by molar-refractivity contribution is 5.77. The van der Waals surface area contributed by atoms with Crippen LogP contribution in [0.4, 0.5) is 4.79 Å². The highest BCUT2D eigenvalue weighted by Crippen LogP contribution is 2.35. The Kier molecular flexibility index (Phi) is 4.47. The number of aromatic amines is 1. The third kappa shape index (κ3) is 3.63. The molecule has 25 heavy (non-hydrogen) atoms. The van der Waals surface area contributed by atoms with Gasteiger partial charge in [-0.05, 0) is 65.2 Å². The van der Waals surface area contributed by atoms with Crippen LogP contribution in [-0.4, -0.2) is 32.6 Å². The van der Waals surface area contributed by atoms with E-state index in [9.17, 15) is 4.79 Å². The summed E-state index contributed by atoms with van der Waals surface area (Å²) in [6.07, 6.45) is 8.08. The molecule has 132 valence electrons. The summed E-state index contributed by atoms with van der Waals surface area (Å²) in [5.41, 5.74) is 2.03. The smallest absolute Gasteiger partial charge is 0.411 e. The number of aromatic nitrogens is 2. The summed E-state index contributed by atoms with van der Waals surface area (Å²) in [5.74, 6) is 3.42. The molecule has 1 aliphatic rings. The van der Waals surface area contributed by atoms with E-state index in [0.29, 0.717) is 0 Å². The number of rotatable bonds is 1. The van der Waals surface area contributed by atoms with Gasteiger partial charge in [-0.1, -0.05) is 5.92 Å². The number of benzene rings is 1. The maximum Gasteiger partial charge on any atom is 0.411 e. The Morgan fingerprint density at radius 1 is 1.40 bits per heavy atom. The SMILES string of the molecule is C#Cc1ccc2[nH]c([C@@H]3CCC[C@H](C)N3C(=O)OC(C)(C)C)nc2c1. The Balaban J connectivity index is 1.95. The van der Waals surface area contributed by atoms with Crippen molar-refractivity contribution in [2.45, 2.75) is 64.6 Å². The molecule has 1 aliphatic heterocycles. The van der Waals surface area contributed by atoms with Gasteiger partial charge in [-0.25, -0.2) is 9.78 Å². The number of ether oxygens (including phenoxy) is 1. The van der Waals surface area contributed by atoms with Crippen molar-refractivity contribution >= 4 is 17.1 Å². The predicted molar refractivity (Wildman–Crippen MR) is 98.2 cm³/mol. The van der Waals surface area contributed by atoms with Gasteiger partial charge in [-0.2, -0.15) is 0 Å². The van der Waals surface area contributed by atoms with Crippen molar-refractivity contribution in [1.29, 1.82) is 0 Å². The molecule has 1 aromatic heterocycles. The Morgan fingerprint density at radius 3 is 2.84 bits per heavy atom. The second-order valence-corrected chi connectivity index (χ2v) is 7.68. The highest BCUT2D eigenvalue weighted by atomic mass is 16.6. The standard InChI is InChI=1S/C20H25N3O2/c1-6-14-10-11-15-16(12-14)22-18(21-15)17-9-7-8-13(2)23(17)19(24)25-20(3,4)5/h1,10-13,17H,7-9H2,2-5H3,(H,21,22)/t13-,17-/m0/s1. The second kappa shape index (κ2) is 6.44. The summed E-state index contributed by atoms with van der Waals surface area (Å²) in [6.45, 7) is 7.72. The third-order valence-electron chi connectivity index (χ3n) is 4.50. The highest BCUT2D eigenvalue weighted by Gasteiger charge is 2.37. The number of amides is 1. The Morgan fingerprint density at radius 2 is 2.16 bits per heavy atom. The first-order valence-electron chi connectivity index (χ1n) is 8.76. The van der Waals surface area contributed by atoms with E-state index in [2.05, 4.69) is 17.8 Å². The number of nitrogens with one attached hydrogen (secondary N) is 1. The third-order valence-corrected chi connectivity index (χ3v) is 4.50. The topological polar surface area (TPSA) is 58.2 Å². The van der Waals surface area contributed by atoms with Crippen LogP contribution in [0.2, 0.25) is 0 Å². The molecule has 0 bridgehead atoms. The number of nitrogens with zero attached hydrogens (tertiary/aromatic N) is 2. The minimum atomic E-state index is -0.519. The molecular weight excluding hydrogens is 314 g/mol. The number of carbonyl (C=O) groups is 1. The molecule has 3 rings (SSSR count). The van der Waals surface area contributed by atoms with Crippen LogP contribution in [0, 0.1) is 12.3 Å². The average molecular weight is 339 g/mol. The van der Waals surface area contributed by atoms with Crippen molar-refractivity contribution in [3.8, 4) is 12.3 Å². The van der Waals surface area contributed by atoms with E-state index in [4.69, 9.17) is 16.1 Å². The van der Waals surface area contributed by atoms with Crippen LogP contribution in [0.5, 0.6) is 0 Å². The second-order valence-electron chi connectivity index (χ2n) is 7.68. The van der Waals surface area contributed by atoms with E-state index in [0.717, 1.165) is 41.7 Å². The number of H-pyrrole nitrogens is 1. The predicted octanol–water partition coefficient (Wildman–Crippen LogP) is 4.39. The Bertz CT molecular complexity index is 826. The van der Waals surface area contributed by atoms with E-state index < -0.39 is 5.60 Å². The maximum absolute atomic E-state index is 12.8. The lowest BCUT2D eigenvalue weighted by molar-refractivity contribution is -0.00441. The van der Waals surface area contributed by atoms with Crippen molar-refractivity contribution in [1.82, 2.24) is 14.9 Å². The zero-order valence-electron chi connectivity index (χ0n) is 15.3. The van der Waals surface area contributed by atoms with Gasteiger partial charge in [0, 0.05) is 11.6 Å². The number of piperidine rings is 1. The van der Waals surface area contributed by atoms with E-state index in [-0.39, 0.29) is 18.2 Å². The minimum Gasteiger partial charge on any atom is -0.444 e. The lowest BCUT2D eigenvalue weighted by Crippen LogP contribution is -2.46. The largest absolute Gasteiger partial charge is 0.444 e. The molecule has 1 fully saturated rings. The molecule has 0 radical (unpaired) electrons. The van der Waals surface area contributed by atoms with Crippen LogP contribution < -0.4 is 0 Å². The van der Waals surface area contributed by atoms with Crippen LogP contribution in [-0.2, 0) is 4.74 Å². The summed E-state index contributed by atoms with van der Waals surface area (Å²) in [5, 5.41) is 0. The van der Waals surface area contributed by atoms with Crippen LogP contribution >= 0.6 is 0 Å². The molecule has 1 aromatic carbocycles. The first kappa shape index (κ1) is 17.3. The molecule has 2 atom stereocenters. The van der Waals surface area contributed by atoms with E-state index >= 15 is 0 Å². The van der Waals surface area contributed by atoms with Crippen molar-refractivity contribution in [2.24, 2.45) is 0 Å². The van der Waals surface area contributed by atoms with Gasteiger partial charge in [0.15, 0.2) is 0 Å². The van der Waals surface area contributed by atoms with E-state index in [1.54, 1.807) is 0 Å². The van der Waals surface area contributed by atoms with Gasteiger partial charge in [0.05, 0.1) is 17.1 Å². The molecule has 1 saturated heterocycles. The van der Waals surface area contributed by atoms with E-state index in [1.807, 2.05) is 43.9 Å². The number of terminal acetylenes is 1. The lowest BCUT2D eigenvalue weighted by Gasteiger charge is -2.40. The summed E-state index contributed by atoms with van der Waals surface area (Å²) < 4.78 is 5.63. The van der Waals surface area contributed by atoms with Gasteiger partial charge < -0.3 is 9.72 Å². The normalized spacial score (nSPS) is 21.2. The number of fused-ring (bicyclic) bond motifs is 1. The van der Waals surface area contributed by atoms with Gasteiger partial charge in [0.25, 0.3) is 0 Å². The van der Waals surface area contributed by atoms with Crippen molar-refractivity contribution in [3.05, 3.63) is 29.6 Å². The Hall–Kier alpha value is -2.48. The molecule has 1 amide bonds. The summed E-state index contributed by atoms with van der Waals surface area (Å²) in [6, 6.07) is 5.72. The van der Waals surface area contributed by atoms with Gasteiger partial charge in [0.1, 0.15) is 11.4 Å². The van der Waals surface area contributed by atoms with Crippen LogP contribution in [0.1, 0.15) is 64.4 Å². The van der Waals surface area contributed by atoms with Crippen molar-refractivity contribution < 1.29 is 9.53 Å². The average Bonchev–Trinajstić information content (AvgIpc) is 2.95. The number of hydrogen-bond acceptors (Lipinski definition) is 3. The lowest BCUT2D eigenvalue weighted by atomic mass is 9.96. The number of carbonyl (C=O) groups excluding carboxylic acids is 1. The molecule has 2 heterocycles. The number of hydrogen-bond donors (Lipinski definition) is 1. The van der Waals surface area contributed by atoms with E-state index in [1.165, 1.54) is 0 Å². The Labute approximate surface area is 148 Å². The zero-order valence-corrected chi connectivity index (χ0v) is 15.3. The molecule has 5 heteroatoms. The zero-order chi connectivity index (χ0) is 18.2. The van der Waals surface area contributed by atoms with Gasteiger partial charge in [0.2, 0.25) is 0 Å². The first-order chi connectivity index (χ1) is 11.8. The van der Waals surface area contributed by atoms with Crippen LogP contribution in [0.15, 0.2) is 18.2 Å². The molecule has 0 spiro atoms. The van der Waals surface area contributed by atoms with Crippen molar-refractivity contribution in [2.75, 3.05) is 0 Å². The summed E-state index contributed by atoms with van der Waals surface area (Å²) >= 11 is 0. The summed E-state index contributed by atoms with van der Waals surface area (Å²) in [4.78, 5) is 22.7. The van der Waals surface area contributed by atoms with Crippen molar-refractivity contribution in [3.63, 3.8) is 0 Å². The number of imidazole rings is 1. The summed E-state index contributed by atoms with van der Waals surface area (Å²) in [7, 11) is 0. The molecular formula is C20H25N3O2. The van der Waals surface area contributed by atoms with Gasteiger partial charge in [-0.15, -0.1) is 6.42 Å². The molecule has 0 saturated carbocycles. The first-order valence-corrected chi connectivity index (χ1v) is 8.76. The molecule has 0 unspecified atom stereocenters. The van der Waals surface area contributed by atoms with Crippen LogP contribution in [0.25, 0.3) is 11.0 Å². The molecule has 2 aromatic rings. The fourth-order valence-electron chi connectivity index (χ4n) is 3.36. The molecule has 0 aliphatic carbocycles. The minimum absolute atomic E-state index is 0.111. The number of likely N-dealkylation sites (tertiary alicyclic amines) is 1. The van der Waals surface area contributed by atoms with Crippen LogP contribution in [0.3, 0.4) is 0 Å². The molecule has 5 nitrogen and oxygen atoms in total. The monoisotopic (exact) mass is 339 g/mol. The fourth-order valence-corrected chi connectivity index (χ4v) is 3.36. The van der Waals surface area contributed by atoms with Gasteiger partial charge >= 0.3 is 6.09 Å². The van der Waals surface area contributed by atoms with Gasteiger partial charge in [-0.3, -0.25) is 4.90 Å².